The van der Waals surface area contributed by atoms with E-state index in [0.29, 0.717) is 5.13 Å². The molecule has 3 rings (SSSR count). The standard InChI is InChI=1S/C21H25N5O3S/c1-21(2,3)29-20(28)26(5)13-15(27)23-19-24-16(14-9-7-6-8-10-14)17(30-19)18-22-11-12-25(18)4/h6-12H,13H2,1-5H3,(H,23,24,27). The first kappa shape index (κ1) is 21.5. The second kappa shape index (κ2) is 8.66. The molecule has 0 aliphatic heterocycles. The van der Waals surface area contributed by atoms with Crippen LogP contribution in [0, 0.1) is 0 Å². The SMILES string of the molecule is CN(CC(=O)Nc1nc(-c2ccccc2)c(-c2nccn2C)s1)C(=O)OC(C)(C)C. The van der Waals surface area contributed by atoms with Crippen molar-refractivity contribution in [3.05, 3.63) is 42.7 Å². The van der Waals surface area contributed by atoms with E-state index in [1.807, 2.05) is 48.1 Å². The van der Waals surface area contributed by atoms with Gasteiger partial charge in [0.1, 0.15) is 12.1 Å². The van der Waals surface area contributed by atoms with Crippen molar-refractivity contribution in [2.75, 3.05) is 18.9 Å². The van der Waals surface area contributed by atoms with Gasteiger partial charge in [0.05, 0.1) is 10.6 Å². The Hall–Kier alpha value is -3.20. The number of anilines is 1. The lowest BCUT2D eigenvalue weighted by molar-refractivity contribution is -0.117. The van der Waals surface area contributed by atoms with Crippen LogP contribution in [-0.4, -0.2) is 50.6 Å². The molecule has 0 bridgehead atoms. The van der Waals surface area contributed by atoms with Crippen LogP contribution in [0.15, 0.2) is 42.7 Å². The Morgan fingerprint density at radius 2 is 1.93 bits per heavy atom. The van der Waals surface area contributed by atoms with Gasteiger partial charge in [-0.05, 0) is 20.8 Å². The predicted molar refractivity (Wildman–Crippen MR) is 117 cm³/mol. The number of thiazole rings is 1. The molecule has 9 heteroatoms. The van der Waals surface area contributed by atoms with Crippen LogP contribution in [0.4, 0.5) is 9.93 Å². The number of benzene rings is 1. The number of likely N-dealkylation sites (N-methyl/N-ethyl adjacent to an activating group) is 1. The largest absolute Gasteiger partial charge is 0.444 e. The molecule has 0 radical (unpaired) electrons. The lowest BCUT2D eigenvalue weighted by atomic mass is 10.1. The molecule has 0 fully saturated rings. The van der Waals surface area contributed by atoms with Gasteiger partial charge in [0, 0.05) is 32.1 Å². The number of aromatic nitrogens is 3. The van der Waals surface area contributed by atoms with Gasteiger partial charge in [-0.2, -0.15) is 0 Å². The van der Waals surface area contributed by atoms with Crippen molar-refractivity contribution < 1.29 is 14.3 Å². The molecule has 30 heavy (non-hydrogen) atoms. The molecular formula is C21H25N5O3S. The summed E-state index contributed by atoms with van der Waals surface area (Å²) in [7, 11) is 3.43. The molecule has 2 heterocycles. The minimum Gasteiger partial charge on any atom is -0.444 e. The van der Waals surface area contributed by atoms with Crippen LogP contribution < -0.4 is 5.32 Å². The third-order valence-electron chi connectivity index (χ3n) is 4.03. The van der Waals surface area contributed by atoms with Crippen LogP contribution in [0.1, 0.15) is 20.8 Å². The number of nitrogens with zero attached hydrogens (tertiary/aromatic N) is 4. The average molecular weight is 428 g/mol. The summed E-state index contributed by atoms with van der Waals surface area (Å²) in [5, 5.41) is 3.22. The highest BCUT2D eigenvalue weighted by molar-refractivity contribution is 7.19. The molecule has 0 aliphatic rings. The lowest BCUT2D eigenvalue weighted by Crippen LogP contribution is -2.38. The van der Waals surface area contributed by atoms with Crippen LogP contribution in [0.2, 0.25) is 0 Å². The van der Waals surface area contributed by atoms with E-state index in [2.05, 4.69) is 15.3 Å². The van der Waals surface area contributed by atoms with Gasteiger partial charge >= 0.3 is 6.09 Å². The highest BCUT2D eigenvalue weighted by atomic mass is 32.1. The maximum absolute atomic E-state index is 12.5. The van der Waals surface area contributed by atoms with Crippen LogP contribution in [0.5, 0.6) is 0 Å². The summed E-state index contributed by atoms with van der Waals surface area (Å²) in [6.07, 6.45) is 3.02. The predicted octanol–water partition coefficient (Wildman–Crippen LogP) is 4.02. The Morgan fingerprint density at radius 3 is 2.53 bits per heavy atom. The second-order valence-corrected chi connectivity index (χ2v) is 8.81. The number of nitrogens with one attached hydrogen (secondary N) is 1. The van der Waals surface area contributed by atoms with Gasteiger partial charge in [0.15, 0.2) is 11.0 Å². The number of rotatable bonds is 5. The smallest absolute Gasteiger partial charge is 0.410 e. The van der Waals surface area contributed by atoms with Crippen LogP contribution >= 0.6 is 11.3 Å². The molecule has 0 saturated heterocycles. The van der Waals surface area contributed by atoms with E-state index < -0.39 is 11.7 Å². The van der Waals surface area contributed by atoms with Gasteiger partial charge < -0.3 is 19.5 Å². The number of hydrogen-bond donors (Lipinski definition) is 1. The minimum atomic E-state index is -0.626. The Bertz CT molecular complexity index is 1040. The number of carbonyl (C=O) groups is 2. The van der Waals surface area contributed by atoms with Gasteiger partial charge in [-0.25, -0.2) is 14.8 Å². The quantitative estimate of drug-likeness (QED) is 0.664. The monoisotopic (exact) mass is 427 g/mol. The molecule has 1 N–H and O–H groups in total. The first-order valence-corrected chi connectivity index (χ1v) is 10.2. The zero-order valence-corrected chi connectivity index (χ0v) is 18.5. The lowest BCUT2D eigenvalue weighted by Gasteiger charge is -2.24. The number of amides is 2. The molecule has 0 aliphatic carbocycles. The van der Waals surface area contributed by atoms with Crippen LogP contribution in [0.25, 0.3) is 22.0 Å². The molecule has 2 amide bonds. The molecule has 2 aromatic heterocycles. The summed E-state index contributed by atoms with van der Waals surface area (Å²) in [6.45, 7) is 5.18. The van der Waals surface area contributed by atoms with Crippen molar-refractivity contribution >= 4 is 28.5 Å². The zero-order chi connectivity index (χ0) is 21.9. The summed E-state index contributed by atoms with van der Waals surface area (Å²) in [4.78, 5) is 35.7. The molecular weight excluding hydrogens is 402 g/mol. The fourth-order valence-corrected chi connectivity index (χ4v) is 3.72. The van der Waals surface area contributed by atoms with Crippen LogP contribution in [0.3, 0.4) is 0 Å². The number of aryl methyl sites for hydroxylation is 1. The Balaban J connectivity index is 1.80. The Kier molecular flexibility index (Phi) is 6.21. The molecule has 0 saturated carbocycles. The molecule has 1 aromatic carbocycles. The van der Waals surface area contributed by atoms with E-state index in [9.17, 15) is 9.59 Å². The third-order valence-corrected chi connectivity index (χ3v) is 5.00. The van der Waals surface area contributed by atoms with Gasteiger partial charge in [0.25, 0.3) is 0 Å². The Labute approximate surface area is 179 Å². The van der Waals surface area contributed by atoms with Gasteiger partial charge in [-0.1, -0.05) is 41.7 Å². The molecule has 0 unspecified atom stereocenters. The molecule has 0 spiro atoms. The van der Waals surface area contributed by atoms with E-state index in [1.54, 1.807) is 27.0 Å². The average Bonchev–Trinajstić information content (AvgIpc) is 3.26. The fourth-order valence-electron chi connectivity index (χ4n) is 2.68. The van der Waals surface area contributed by atoms with E-state index in [-0.39, 0.29) is 12.5 Å². The maximum Gasteiger partial charge on any atom is 0.410 e. The zero-order valence-electron chi connectivity index (χ0n) is 17.7. The molecule has 158 valence electrons. The molecule has 3 aromatic rings. The van der Waals surface area contributed by atoms with Crippen LogP contribution in [-0.2, 0) is 16.6 Å². The first-order valence-electron chi connectivity index (χ1n) is 9.42. The van der Waals surface area contributed by atoms with Crippen molar-refractivity contribution in [1.82, 2.24) is 19.4 Å². The van der Waals surface area contributed by atoms with Gasteiger partial charge in [-0.15, -0.1) is 0 Å². The van der Waals surface area contributed by atoms with Crippen molar-refractivity contribution in [2.24, 2.45) is 7.05 Å². The van der Waals surface area contributed by atoms with E-state index in [1.165, 1.54) is 23.3 Å². The van der Waals surface area contributed by atoms with Crippen molar-refractivity contribution in [2.45, 2.75) is 26.4 Å². The van der Waals surface area contributed by atoms with Crippen molar-refractivity contribution in [3.63, 3.8) is 0 Å². The minimum absolute atomic E-state index is 0.146. The summed E-state index contributed by atoms with van der Waals surface area (Å²) in [5.41, 5.74) is 1.04. The Morgan fingerprint density at radius 1 is 1.23 bits per heavy atom. The fraction of sp³-hybridized carbons (Fsp3) is 0.333. The van der Waals surface area contributed by atoms with E-state index >= 15 is 0 Å². The number of ether oxygens (including phenoxy) is 1. The van der Waals surface area contributed by atoms with Gasteiger partial charge in [0.2, 0.25) is 5.91 Å². The van der Waals surface area contributed by atoms with Gasteiger partial charge in [-0.3, -0.25) is 4.79 Å². The molecule has 8 nitrogen and oxygen atoms in total. The maximum atomic E-state index is 12.5. The van der Waals surface area contributed by atoms with Crippen molar-refractivity contribution in [1.29, 1.82) is 0 Å². The summed E-state index contributed by atoms with van der Waals surface area (Å²) >= 11 is 1.34. The highest BCUT2D eigenvalue weighted by Crippen LogP contribution is 2.38. The molecule has 0 atom stereocenters. The van der Waals surface area contributed by atoms with E-state index in [0.717, 1.165) is 22.0 Å². The number of hydrogen-bond acceptors (Lipinski definition) is 6. The first-order chi connectivity index (χ1) is 14.1. The summed E-state index contributed by atoms with van der Waals surface area (Å²) < 4.78 is 7.18. The third kappa shape index (κ3) is 5.24. The number of imidazole rings is 1. The summed E-state index contributed by atoms with van der Waals surface area (Å²) in [5.74, 6) is 0.404. The topological polar surface area (TPSA) is 89.4 Å². The highest BCUT2D eigenvalue weighted by Gasteiger charge is 2.23. The normalized spacial score (nSPS) is 11.2. The summed E-state index contributed by atoms with van der Waals surface area (Å²) in [6, 6.07) is 9.73. The second-order valence-electron chi connectivity index (χ2n) is 7.81. The number of carbonyl (C=O) groups excluding carboxylic acids is 2. The van der Waals surface area contributed by atoms with Crippen molar-refractivity contribution in [3.8, 4) is 22.0 Å². The van der Waals surface area contributed by atoms with E-state index in [4.69, 9.17) is 4.74 Å².